The van der Waals surface area contributed by atoms with E-state index in [1.54, 1.807) is 4.90 Å². The van der Waals surface area contributed by atoms with Gasteiger partial charge in [-0.25, -0.2) is 0 Å². The third-order valence-electron chi connectivity index (χ3n) is 4.19. The molecule has 1 fully saturated rings. The van der Waals surface area contributed by atoms with Crippen molar-refractivity contribution in [2.24, 2.45) is 0 Å². The van der Waals surface area contributed by atoms with Gasteiger partial charge < -0.3 is 20.0 Å². The lowest BCUT2D eigenvalue weighted by Crippen LogP contribution is -2.50. The van der Waals surface area contributed by atoms with Crippen molar-refractivity contribution in [3.05, 3.63) is 29.8 Å². The number of hydrogen-bond acceptors (Lipinski definition) is 3. The van der Waals surface area contributed by atoms with Crippen LogP contribution in [-0.2, 0) is 11.2 Å². The minimum absolute atomic E-state index is 0.131. The maximum atomic E-state index is 12.3. The molecular weight excluding hydrogens is 308 g/mol. The molecule has 0 aromatic heterocycles. The third kappa shape index (κ3) is 5.18. The highest BCUT2D eigenvalue weighted by atomic mass is 32.1. The topological polar surface area (TPSA) is 38.8 Å². The lowest BCUT2D eigenvalue weighted by Gasteiger charge is -2.33. The van der Waals surface area contributed by atoms with E-state index in [4.69, 9.17) is 12.2 Å². The zero-order valence-corrected chi connectivity index (χ0v) is 15.0. The zero-order valence-electron chi connectivity index (χ0n) is 14.2. The van der Waals surface area contributed by atoms with E-state index in [-0.39, 0.29) is 5.91 Å². The first-order valence-corrected chi connectivity index (χ1v) is 8.47. The molecule has 1 aromatic rings. The summed E-state index contributed by atoms with van der Waals surface area (Å²) in [6, 6.07) is 8.20. The van der Waals surface area contributed by atoms with E-state index in [1.165, 1.54) is 5.56 Å². The minimum atomic E-state index is 0.131. The Morgan fingerprint density at radius 1 is 1.22 bits per heavy atom. The van der Waals surface area contributed by atoms with E-state index in [9.17, 15) is 4.79 Å². The normalized spacial score (nSPS) is 15.3. The van der Waals surface area contributed by atoms with E-state index < -0.39 is 0 Å². The monoisotopic (exact) mass is 334 g/mol. The van der Waals surface area contributed by atoms with Crippen LogP contribution in [0.15, 0.2) is 24.3 Å². The van der Waals surface area contributed by atoms with Crippen LogP contribution in [0.4, 0.5) is 5.69 Å². The van der Waals surface area contributed by atoms with Gasteiger partial charge in [0.2, 0.25) is 5.91 Å². The average Bonchev–Trinajstić information content (AvgIpc) is 2.56. The molecule has 1 aliphatic rings. The molecule has 0 saturated carbocycles. The number of anilines is 1. The van der Waals surface area contributed by atoms with Crippen molar-refractivity contribution in [2.45, 2.75) is 13.3 Å². The molecule has 5 nitrogen and oxygen atoms in total. The zero-order chi connectivity index (χ0) is 16.8. The molecule has 0 atom stereocenters. The fraction of sp³-hybridized carbons (Fsp3) is 0.529. The Bertz CT molecular complexity index is 538. The number of nitrogens with one attached hydrogen (secondary N) is 1. The molecule has 0 aliphatic carbocycles. The molecule has 6 heteroatoms. The van der Waals surface area contributed by atoms with Crippen molar-refractivity contribution < 1.29 is 4.79 Å². The lowest BCUT2D eigenvalue weighted by atomic mass is 10.1. The Labute approximate surface area is 144 Å². The molecule has 1 amide bonds. The number of carbonyl (C=O) groups is 1. The van der Waals surface area contributed by atoms with E-state index in [2.05, 4.69) is 36.3 Å². The number of carbonyl (C=O) groups excluding carboxylic acids is 1. The van der Waals surface area contributed by atoms with Gasteiger partial charge in [-0.3, -0.25) is 4.79 Å². The molecule has 1 aromatic carbocycles. The predicted octanol–water partition coefficient (Wildman–Crippen LogP) is 1.65. The number of rotatable bonds is 4. The summed E-state index contributed by atoms with van der Waals surface area (Å²) in [6.07, 6.45) is 1.02. The number of piperazine rings is 1. The molecular formula is C17H26N4OS. The quantitative estimate of drug-likeness (QED) is 0.848. The number of benzene rings is 1. The molecule has 23 heavy (non-hydrogen) atoms. The van der Waals surface area contributed by atoms with Crippen LogP contribution in [0.3, 0.4) is 0 Å². The second-order valence-corrected chi connectivity index (χ2v) is 6.41. The van der Waals surface area contributed by atoms with Gasteiger partial charge in [-0.2, -0.15) is 0 Å². The molecule has 2 rings (SSSR count). The van der Waals surface area contributed by atoms with Crippen LogP contribution in [0, 0.1) is 0 Å². The van der Waals surface area contributed by atoms with Gasteiger partial charge in [0.25, 0.3) is 0 Å². The highest BCUT2D eigenvalue weighted by molar-refractivity contribution is 7.80. The van der Waals surface area contributed by atoms with Crippen molar-refractivity contribution in [3.8, 4) is 0 Å². The van der Waals surface area contributed by atoms with Gasteiger partial charge in [0.1, 0.15) is 0 Å². The maximum Gasteiger partial charge on any atom is 0.242 e. The standard InChI is InChI=1S/C17H26N4OS/c1-4-14-5-7-15(8-6-14)18-17(23)20(3)13-16(22)21-11-9-19(2)10-12-21/h5-8H,4,9-13H2,1-3H3,(H,18,23). The second kappa shape index (κ2) is 8.26. The largest absolute Gasteiger partial charge is 0.343 e. The van der Waals surface area contributed by atoms with E-state index in [1.807, 2.05) is 24.1 Å². The Morgan fingerprint density at radius 3 is 2.39 bits per heavy atom. The van der Waals surface area contributed by atoms with Gasteiger partial charge in [-0.1, -0.05) is 19.1 Å². The molecule has 0 unspecified atom stereocenters. The highest BCUT2D eigenvalue weighted by Gasteiger charge is 2.20. The van der Waals surface area contributed by atoms with Crippen LogP contribution in [0.2, 0.25) is 0 Å². The Kier molecular flexibility index (Phi) is 6.36. The summed E-state index contributed by atoms with van der Waals surface area (Å²) in [5.41, 5.74) is 2.24. The average molecular weight is 334 g/mol. The Balaban J connectivity index is 1.83. The molecule has 1 aliphatic heterocycles. The van der Waals surface area contributed by atoms with Gasteiger partial charge in [-0.15, -0.1) is 0 Å². The van der Waals surface area contributed by atoms with Gasteiger partial charge in [0.05, 0.1) is 6.54 Å². The SMILES string of the molecule is CCc1ccc(NC(=S)N(C)CC(=O)N2CCN(C)CC2)cc1. The maximum absolute atomic E-state index is 12.3. The molecule has 0 radical (unpaired) electrons. The number of aryl methyl sites for hydroxylation is 1. The Hall–Kier alpha value is -1.66. The van der Waals surface area contributed by atoms with E-state index >= 15 is 0 Å². The van der Waals surface area contributed by atoms with Crippen molar-refractivity contribution in [1.29, 1.82) is 0 Å². The van der Waals surface area contributed by atoms with Gasteiger partial charge >= 0.3 is 0 Å². The van der Waals surface area contributed by atoms with E-state index in [0.717, 1.165) is 38.3 Å². The third-order valence-corrected chi connectivity index (χ3v) is 4.60. The first-order valence-electron chi connectivity index (χ1n) is 8.07. The summed E-state index contributed by atoms with van der Waals surface area (Å²) in [5, 5.41) is 3.75. The molecule has 1 saturated heterocycles. The number of nitrogens with zero attached hydrogens (tertiary/aromatic N) is 3. The summed E-state index contributed by atoms with van der Waals surface area (Å²) < 4.78 is 0. The summed E-state index contributed by atoms with van der Waals surface area (Å²) >= 11 is 5.39. The van der Waals surface area contributed by atoms with Crippen LogP contribution in [-0.4, -0.2) is 72.5 Å². The Morgan fingerprint density at radius 2 is 1.83 bits per heavy atom. The van der Waals surface area contributed by atoms with Crippen LogP contribution in [0.25, 0.3) is 0 Å². The van der Waals surface area contributed by atoms with Crippen molar-refractivity contribution in [3.63, 3.8) is 0 Å². The fourth-order valence-electron chi connectivity index (χ4n) is 2.47. The molecule has 0 bridgehead atoms. The number of likely N-dealkylation sites (N-methyl/N-ethyl adjacent to an activating group) is 2. The van der Waals surface area contributed by atoms with Crippen molar-refractivity contribution in [1.82, 2.24) is 14.7 Å². The summed E-state index contributed by atoms with van der Waals surface area (Å²) in [4.78, 5) is 18.3. The first-order chi connectivity index (χ1) is 11.0. The fourth-order valence-corrected chi connectivity index (χ4v) is 2.66. The molecule has 1 heterocycles. The lowest BCUT2D eigenvalue weighted by molar-refractivity contribution is -0.132. The van der Waals surface area contributed by atoms with Crippen molar-refractivity contribution >= 4 is 28.9 Å². The summed E-state index contributed by atoms with van der Waals surface area (Å²) in [6.45, 7) is 5.89. The second-order valence-electron chi connectivity index (χ2n) is 6.02. The van der Waals surface area contributed by atoms with Crippen LogP contribution >= 0.6 is 12.2 Å². The van der Waals surface area contributed by atoms with Crippen LogP contribution in [0.1, 0.15) is 12.5 Å². The highest BCUT2D eigenvalue weighted by Crippen LogP contribution is 2.11. The minimum Gasteiger partial charge on any atom is -0.343 e. The number of thiocarbonyl (C=S) groups is 1. The van der Waals surface area contributed by atoms with Gasteiger partial charge in [0, 0.05) is 38.9 Å². The molecule has 126 valence electrons. The van der Waals surface area contributed by atoms with E-state index in [0.29, 0.717) is 11.7 Å². The van der Waals surface area contributed by atoms with Crippen LogP contribution < -0.4 is 5.32 Å². The first kappa shape index (κ1) is 17.7. The molecule has 1 N–H and O–H groups in total. The number of hydrogen-bond donors (Lipinski definition) is 1. The van der Waals surface area contributed by atoms with Gasteiger partial charge in [-0.05, 0) is 43.4 Å². The van der Waals surface area contributed by atoms with Crippen molar-refractivity contribution in [2.75, 3.05) is 52.1 Å². The smallest absolute Gasteiger partial charge is 0.242 e. The summed E-state index contributed by atoms with van der Waals surface area (Å²) in [7, 11) is 3.93. The predicted molar refractivity (Wildman–Crippen MR) is 98.7 cm³/mol. The van der Waals surface area contributed by atoms with Gasteiger partial charge in [0.15, 0.2) is 5.11 Å². The molecule has 0 spiro atoms. The summed E-state index contributed by atoms with van der Waals surface area (Å²) in [5.74, 6) is 0.131. The number of amides is 1. The van der Waals surface area contributed by atoms with Crippen LogP contribution in [0.5, 0.6) is 0 Å².